The maximum absolute atomic E-state index is 13.1. The molecule has 8 atom stereocenters. The first kappa shape index (κ1) is 54.9. The van der Waals surface area contributed by atoms with Gasteiger partial charge in [-0.3, -0.25) is 22.6 Å². The van der Waals surface area contributed by atoms with Crippen molar-refractivity contribution < 1.29 is 104 Å². The monoisotopic (exact) mass is 947 g/mol. The Kier molecular flexibility index (Phi) is 25.5. The molecule has 0 spiro atoms. The molecular weight excluding hydrogens is 886 g/mol. The van der Waals surface area contributed by atoms with E-state index in [9.17, 15) is 67.5 Å². The Balaban J connectivity index is 1.93. The van der Waals surface area contributed by atoms with Gasteiger partial charge in [-0.25, -0.2) is 23.1 Å². The van der Waals surface area contributed by atoms with E-state index in [2.05, 4.69) is 25.8 Å². The number of ether oxygens (including phenoxy) is 3. The zero-order valence-electron chi connectivity index (χ0n) is 33.3. The average Bonchev–Trinajstić information content (AvgIpc) is 3.15. The summed E-state index contributed by atoms with van der Waals surface area (Å²) < 4.78 is 87.9. The number of benzene rings is 1. The fourth-order valence-corrected chi connectivity index (χ4v) is 8.62. The van der Waals surface area contributed by atoms with Crippen molar-refractivity contribution in [3.63, 3.8) is 0 Å². The van der Waals surface area contributed by atoms with E-state index in [0.29, 0.717) is 26.0 Å². The third kappa shape index (κ3) is 24.6. The highest BCUT2D eigenvalue weighted by atomic mass is 31.2. The van der Waals surface area contributed by atoms with Crippen molar-refractivity contribution >= 4 is 37.4 Å². The maximum Gasteiger partial charge on any atom is 0.472 e. The normalized spacial score (nSPS) is 22.9. The highest BCUT2D eigenvalue weighted by Gasteiger charge is 2.59. The van der Waals surface area contributed by atoms with E-state index in [4.69, 9.17) is 23.3 Å². The van der Waals surface area contributed by atoms with Crippen LogP contribution in [0.4, 0.5) is 4.79 Å². The summed E-state index contributed by atoms with van der Waals surface area (Å²) in [7, 11) is -22.6. The first-order chi connectivity index (χ1) is 28.1. The molecule has 1 saturated carbocycles. The number of phosphoric acid groups is 4. The van der Waals surface area contributed by atoms with Crippen molar-refractivity contribution in [3.8, 4) is 0 Å². The molecule has 0 aromatic heterocycles. The minimum absolute atomic E-state index is 0.103. The van der Waals surface area contributed by atoms with E-state index in [1.807, 2.05) is 30.3 Å². The lowest BCUT2D eigenvalue weighted by atomic mass is 9.85. The Hall–Kier alpha value is -1.23. The number of unbranched alkanes of at least 4 members (excludes halogenated alkanes) is 10. The van der Waals surface area contributed by atoms with Crippen molar-refractivity contribution in [2.24, 2.45) is 0 Å². The Bertz CT molecular complexity index is 1510. The van der Waals surface area contributed by atoms with E-state index in [0.717, 1.165) is 69.8 Å². The summed E-state index contributed by atoms with van der Waals surface area (Å²) in [5, 5.41) is 24.4. The molecular formula is C33H61NO22P4. The molecule has 0 aliphatic heterocycles. The summed E-state index contributed by atoms with van der Waals surface area (Å²) in [4.78, 5) is 78.7. The summed E-state index contributed by atoms with van der Waals surface area (Å²) in [5.74, 6) is 0. The van der Waals surface area contributed by atoms with Gasteiger partial charge in [0.25, 0.3) is 0 Å². The van der Waals surface area contributed by atoms with E-state index in [1.165, 1.54) is 0 Å². The minimum atomic E-state index is -5.73. The van der Waals surface area contributed by atoms with Crippen LogP contribution >= 0.6 is 31.3 Å². The Morgan fingerprint density at radius 3 is 1.68 bits per heavy atom. The zero-order valence-corrected chi connectivity index (χ0v) is 36.9. The van der Waals surface area contributed by atoms with Gasteiger partial charge in [0.2, 0.25) is 0 Å². The number of aliphatic hydroxyl groups is 2. The van der Waals surface area contributed by atoms with Crippen molar-refractivity contribution in [2.75, 3.05) is 33.0 Å². The molecule has 1 aromatic rings. The smallest absolute Gasteiger partial charge is 0.445 e. The van der Waals surface area contributed by atoms with Gasteiger partial charge < -0.3 is 64.0 Å². The SMILES string of the molecule is CCCCCCCCO[C@H](COCCCCCCCCNC(=O)OCc1ccccc1)COP(=O)(O)OC1[C@H](O)[C@H](OP(=O)(O)O)C(OP(=O)(O)O)[C@H](OP(=O)(O)O)[C@H]1O. The third-order valence-corrected chi connectivity index (χ3v) is 11.3. The lowest BCUT2D eigenvalue weighted by Gasteiger charge is -2.45. The summed E-state index contributed by atoms with van der Waals surface area (Å²) in [6, 6.07) is 9.33. The van der Waals surface area contributed by atoms with Crippen LogP contribution in [0.5, 0.6) is 0 Å². The summed E-state index contributed by atoms with van der Waals surface area (Å²) in [6.45, 7) is 2.53. The van der Waals surface area contributed by atoms with Crippen LogP contribution < -0.4 is 5.32 Å². The first-order valence-corrected chi connectivity index (χ1v) is 25.6. The Morgan fingerprint density at radius 1 is 0.633 bits per heavy atom. The van der Waals surface area contributed by atoms with Crippen molar-refractivity contribution in [1.82, 2.24) is 5.32 Å². The van der Waals surface area contributed by atoms with Crippen LogP contribution in [0.15, 0.2) is 30.3 Å². The molecule has 27 heteroatoms. The highest BCUT2D eigenvalue weighted by Crippen LogP contribution is 2.53. The molecule has 60 heavy (non-hydrogen) atoms. The fourth-order valence-electron chi connectivity index (χ4n) is 5.97. The van der Waals surface area contributed by atoms with E-state index < -0.39 is 86.7 Å². The molecule has 0 saturated heterocycles. The van der Waals surface area contributed by atoms with Gasteiger partial charge in [0.05, 0.1) is 13.2 Å². The molecule has 1 amide bonds. The van der Waals surface area contributed by atoms with E-state index in [1.54, 1.807) is 0 Å². The number of aliphatic hydroxyl groups excluding tert-OH is 2. The molecule has 2 rings (SSSR count). The second kappa shape index (κ2) is 27.8. The number of carbonyl (C=O) groups is 1. The first-order valence-electron chi connectivity index (χ1n) is 19.5. The number of nitrogens with one attached hydrogen (secondary N) is 1. The minimum Gasteiger partial charge on any atom is -0.445 e. The fraction of sp³-hybridized carbons (Fsp3) is 0.788. The average molecular weight is 948 g/mol. The van der Waals surface area contributed by atoms with Crippen molar-refractivity contribution in [2.45, 2.75) is 133 Å². The van der Waals surface area contributed by atoms with Crippen LogP contribution in [0.25, 0.3) is 0 Å². The van der Waals surface area contributed by atoms with Gasteiger partial charge >= 0.3 is 37.4 Å². The van der Waals surface area contributed by atoms with Gasteiger partial charge in [0.1, 0.15) is 49.3 Å². The van der Waals surface area contributed by atoms with Gasteiger partial charge in [-0.2, -0.15) is 0 Å². The molecule has 1 aliphatic carbocycles. The Morgan fingerprint density at radius 2 is 1.13 bits per heavy atom. The van der Waals surface area contributed by atoms with Crippen molar-refractivity contribution in [3.05, 3.63) is 35.9 Å². The molecule has 350 valence electrons. The van der Waals surface area contributed by atoms with Crippen LogP contribution in [-0.2, 0) is 61.7 Å². The number of amides is 1. The Labute approximate surface area is 348 Å². The van der Waals surface area contributed by atoms with Crippen molar-refractivity contribution in [1.29, 1.82) is 0 Å². The van der Waals surface area contributed by atoms with Crippen LogP contribution in [0.3, 0.4) is 0 Å². The number of carbonyl (C=O) groups excluding carboxylic acids is 1. The number of hydrogen-bond acceptors (Lipinski definition) is 15. The van der Waals surface area contributed by atoms with Gasteiger partial charge in [0, 0.05) is 19.8 Å². The topological polar surface area (TPSA) is 353 Å². The lowest BCUT2D eigenvalue weighted by Crippen LogP contribution is -2.65. The van der Waals surface area contributed by atoms with Crippen LogP contribution in [0.2, 0.25) is 0 Å². The third-order valence-electron chi connectivity index (χ3n) is 8.80. The summed E-state index contributed by atoms with van der Waals surface area (Å²) >= 11 is 0. The molecule has 0 heterocycles. The zero-order chi connectivity index (χ0) is 44.8. The lowest BCUT2D eigenvalue weighted by molar-refractivity contribution is -0.209. The molecule has 23 nitrogen and oxygen atoms in total. The molecule has 1 fully saturated rings. The van der Waals surface area contributed by atoms with Gasteiger partial charge in [0.15, 0.2) is 0 Å². The van der Waals surface area contributed by atoms with Crippen LogP contribution in [0, 0.1) is 0 Å². The molecule has 1 aliphatic rings. The number of phosphoric ester groups is 4. The van der Waals surface area contributed by atoms with E-state index >= 15 is 0 Å². The molecule has 3 unspecified atom stereocenters. The van der Waals surface area contributed by atoms with Gasteiger partial charge in [-0.1, -0.05) is 95.0 Å². The number of rotatable bonds is 32. The number of hydrogen-bond donors (Lipinski definition) is 10. The predicted molar refractivity (Wildman–Crippen MR) is 210 cm³/mol. The van der Waals surface area contributed by atoms with Gasteiger partial charge in [-0.15, -0.1) is 0 Å². The molecule has 1 aromatic carbocycles. The maximum atomic E-state index is 13.1. The predicted octanol–water partition coefficient (Wildman–Crippen LogP) is 3.69. The van der Waals surface area contributed by atoms with E-state index in [-0.39, 0.29) is 19.8 Å². The largest absolute Gasteiger partial charge is 0.472 e. The second-order valence-corrected chi connectivity index (χ2v) is 18.9. The quantitative estimate of drug-likeness (QED) is 0.0364. The molecule has 0 bridgehead atoms. The summed E-state index contributed by atoms with van der Waals surface area (Å²) in [5.41, 5.74) is 0.893. The van der Waals surface area contributed by atoms with Gasteiger partial charge in [-0.05, 0) is 24.8 Å². The number of alkyl carbamates (subject to hydrolysis) is 1. The van der Waals surface area contributed by atoms with Crippen LogP contribution in [-0.4, -0.2) is 126 Å². The molecule has 10 N–H and O–H groups in total. The highest BCUT2D eigenvalue weighted by molar-refractivity contribution is 7.47. The van der Waals surface area contributed by atoms with Crippen LogP contribution in [0.1, 0.15) is 89.5 Å². The standard InChI is InChI=1S/C33H61NO22P4/c1-2-3-4-5-10-16-21-50-26(23-49-20-15-9-7-6-8-14-19-34-33(37)51-22-25-17-12-11-13-18-25)24-52-60(47,48)56-29-27(35)30(53-57(38,39)40)32(55-59(44,45)46)31(28(29)36)54-58(41,42)43/h11-13,17-18,26-32,35-36H,2-10,14-16,19-24H2,1H3,(H,34,37)(H,47,48)(H2,38,39,40)(H2,41,42,43)(H2,44,45,46)/t26-,27+,28+,29?,30-,31+,32?/m1/s1. The summed E-state index contributed by atoms with van der Waals surface area (Å²) in [6.07, 6.45) is -6.74. The molecule has 0 radical (unpaired) electrons. The second-order valence-electron chi connectivity index (χ2n) is 13.9.